The van der Waals surface area contributed by atoms with E-state index in [1.165, 1.54) is 24.0 Å². The molecule has 0 saturated carbocycles. The Bertz CT molecular complexity index is 907. The predicted octanol–water partition coefficient (Wildman–Crippen LogP) is 2.08. The van der Waals surface area contributed by atoms with E-state index in [4.69, 9.17) is 9.73 Å². The van der Waals surface area contributed by atoms with E-state index in [0.29, 0.717) is 18.9 Å². The lowest BCUT2D eigenvalue weighted by atomic mass is 9.88. The number of aliphatic imine (C=N–C) groups is 1. The molecule has 2 heterocycles. The fourth-order valence-electron chi connectivity index (χ4n) is 4.41. The lowest BCUT2D eigenvalue weighted by molar-refractivity contribution is 0.177. The Balaban J connectivity index is 1.46. The van der Waals surface area contributed by atoms with Crippen LogP contribution in [-0.4, -0.2) is 45.5 Å². The number of phenols is 1. The van der Waals surface area contributed by atoms with Crippen LogP contribution in [0.3, 0.4) is 0 Å². The summed E-state index contributed by atoms with van der Waals surface area (Å²) >= 11 is 0. The highest BCUT2D eigenvalue weighted by molar-refractivity contribution is 5.80. The van der Waals surface area contributed by atoms with Crippen molar-refractivity contribution in [3.63, 3.8) is 0 Å². The van der Waals surface area contributed by atoms with E-state index in [0.717, 1.165) is 61.9 Å². The average Bonchev–Trinajstić information content (AvgIpc) is 3.15. The van der Waals surface area contributed by atoms with Crippen molar-refractivity contribution in [2.75, 3.05) is 13.7 Å². The zero-order valence-corrected chi connectivity index (χ0v) is 17.9. The van der Waals surface area contributed by atoms with E-state index in [2.05, 4.69) is 33.7 Å². The summed E-state index contributed by atoms with van der Waals surface area (Å²) in [6.45, 7) is 4.51. The number of aryl methyl sites for hydroxylation is 2. The molecule has 1 aliphatic heterocycles. The number of aromatic hydroxyl groups is 1. The van der Waals surface area contributed by atoms with E-state index in [1.54, 1.807) is 7.11 Å². The number of guanidine groups is 1. The van der Waals surface area contributed by atoms with Crippen LogP contribution in [0, 0.1) is 0 Å². The minimum atomic E-state index is 0.227. The van der Waals surface area contributed by atoms with Gasteiger partial charge in [-0.3, -0.25) is 0 Å². The van der Waals surface area contributed by atoms with E-state index >= 15 is 0 Å². The Labute approximate surface area is 177 Å². The fourth-order valence-corrected chi connectivity index (χ4v) is 4.41. The number of methoxy groups -OCH3 is 1. The summed E-state index contributed by atoms with van der Waals surface area (Å²) in [5, 5.41) is 21.9. The molecule has 1 atom stereocenters. The van der Waals surface area contributed by atoms with Crippen LogP contribution in [-0.2, 0) is 43.7 Å². The highest BCUT2D eigenvalue weighted by atomic mass is 16.5. The third-order valence-electron chi connectivity index (χ3n) is 5.88. The maximum atomic E-state index is 10.4. The monoisotopic (exact) mass is 412 g/mol. The van der Waals surface area contributed by atoms with Crippen LogP contribution < -0.4 is 10.6 Å². The summed E-state index contributed by atoms with van der Waals surface area (Å²) in [4.78, 5) is 9.35. The summed E-state index contributed by atoms with van der Waals surface area (Å²) in [6.07, 6.45) is 6.38. The van der Waals surface area contributed by atoms with Crippen molar-refractivity contribution in [3.8, 4) is 5.75 Å². The van der Waals surface area contributed by atoms with Crippen LogP contribution in [0.2, 0.25) is 0 Å². The van der Waals surface area contributed by atoms with Gasteiger partial charge in [0.2, 0.25) is 0 Å². The highest BCUT2D eigenvalue weighted by Gasteiger charge is 2.23. The lowest BCUT2D eigenvalue weighted by Gasteiger charge is -2.25. The van der Waals surface area contributed by atoms with Crippen LogP contribution >= 0.6 is 0 Å². The molecule has 2 aromatic rings. The van der Waals surface area contributed by atoms with Crippen LogP contribution in [0.15, 0.2) is 17.1 Å². The first-order valence-corrected chi connectivity index (χ1v) is 11.0. The zero-order chi connectivity index (χ0) is 20.9. The van der Waals surface area contributed by atoms with Crippen LogP contribution in [0.1, 0.15) is 54.5 Å². The predicted molar refractivity (Wildman–Crippen MR) is 116 cm³/mol. The van der Waals surface area contributed by atoms with Gasteiger partial charge in [0.05, 0.1) is 13.1 Å². The number of nitrogens with one attached hydrogen (secondary N) is 2. The smallest absolute Gasteiger partial charge is 0.191 e. The van der Waals surface area contributed by atoms with Crippen molar-refractivity contribution in [2.24, 2.45) is 4.99 Å². The van der Waals surface area contributed by atoms with Crippen molar-refractivity contribution in [3.05, 3.63) is 40.5 Å². The quantitative estimate of drug-likeness (QED) is 0.497. The summed E-state index contributed by atoms with van der Waals surface area (Å²) in [5.41, 5.74) is 3.62. The number of nitrogens with zero attached hydrogens (tertiary/aromatic N) is 4. The minimum absolute atomic E-state index is 0.227. The molecule has 1 unspecified atom stereocenters. The molecule has 1 aromatic carbocycles. The standard InChI is InChI=1S/C22H32N6O2/c1-3-23-22(24-12-18-17-7-5-4-6-15(17)8-10-19(18)29)25-16-9-11-21-26-20(14-30-2)27-28(21)13-16/h8,10,16,29H,3-7,9,11-14H2,1-2H3,(H2,23,24,25). The Morgan fingerprint density at radius 3 is 3.00 bits per heavy atom. The summed E-state index contributed by atoms with van der Waals surface area (Å²) in [7, 11) is 1.66. The molecule has 1 aliphatic carbocycles. The minimum Gasteiger partial charge on any atom is -0.508 e. The van der Waals surface area contributed by atoms with Crippen molar-refractivity contribution in [2.45, 2.75) is 71.2 Å². The van der Waals surface area contributed by atoms with Gasteiger partial charge in [-0.15, -0.1) is 0 Å². The number of ether oxygens (including phenoxy) is 1. The molecular weight excluding hydrogens is 380 g/mol. The first kappa shape index (κ1) is 20.7. The Kier molecular flexibility index (Phi) is 6.52. The SMILES string of the molecule is CCNC(=NCc1c(O)ccc2c1CCCC2)NC1CCc2nc(COC)nn2C1. The molecule has 4 rings (SSSR count). The van der Waals surface area contributed by atoms with E-state index in [9.17, 15) is 5.11 Å². The largest absolute Gasteiger partial charge is 0.508 e. The molecule has 1 aromatic heterocycles. The number of benzene rings is 1. The highest BCUT2D eigenvalue weighted by Crippen LogP contribution is 2.31. The molecule has 3 N–H and O–H groups in total. The van der Waals surface area contributed by atoms with Gasteiger partial charge in [0, 0.05) is 31.7 Å². The maximum Gasteiger partial charge on any atom is 0.191 e. The number of phenolic OH excluding ortho intramolecular Hbond substituents is 1. The van der Waals surface area contributed by atoms with Crippen molar-refractivity contribution < 1.29 is 9.84 Å². The van der Waals surface area contributed by atoms with Crippen molar-refractivity contribution in [1.82, 2.24) is 25.4 Å². The molecule has 8 nitrogen and oxygen atoms in total. The Morgan fingerprint density at radius 2 is 2.17 bits per heavy atom. The molecular formula is C22H32N6O2. The second-order valence-corrected chi connectivity index (χ2v) is 8.04. The topological polar surface area (TPSA) is 96.6 Å². The zero-order valence-electron chi connectivity index (χ0n) is 17.9. The molecule has 0 amide bonds. The molecule has 0 saturated heterocycles. The van der Waals surface area contributed by atoms with Gasteiger partial charge in [-0.05, 0) is 56.2 Å². The van der Waals surface area contributed by atoms with E-state index < -0.39 is 0 Å². The number of rotatable bonds is 6. The van der Waals surface area contributed by atoms with Gasteiger partial charge >= 0.3 is 0 Å². The maximum absolute atomic E-state index is 10.4. The van der Waals surface area contributed by atoms with Gasteiger partial charge in [0.25, 0.3) is 0 Å². The first-order valence-electron chi connectivity index (χ1n) is 11.0. The summed E-state index contributed by atoms with van der Waals surface area (Å²) in [6, 6.07) is 4.11. The molecule has 0 fully saturated rings. The van der Waals surface area contributed by atoms with Gasteiger partial charge in [-0.2, -0.15) is 5.10 Å². The third kappa shape index (κ3) is 4.59. The third-order valence-corrected chi connectivity index (χ3v) is 5.88. The van der Waals surface area contributed by atoms with Crippen LogP contribution in [0.25, 0.3) is 0 Å². The van der Waals surface area contributed by atoms with Gasteiger partial charge in [0.1, 0.15) is 18.2 Å². The van der Waals surface area contributed by atoms with Gasteiger partial charge in [-0.1, -0.05) is 6.07 Å². The number of aromatic nitrogens is 3. The number of hydrogen-bond donors (Lipinski definition) is 3. The molecule has 8 heteroatoms. The van der Waals surface area contributed by atoms with E-state index in [-0.39, 0.29) is 6.04 Å². The average molecular weight is 413 g/mol. The van der Waals surface area contributed by atoms with E-state index in [1.807, 2.05) is 10.7 Å². The van der Waals surface area contributed by atoms with Crippen molar-refractivity contribution >= 4 is 5.96 Å². The number of hydrogen-bond acceptors (Lipinski definition) is 5. The molecule has 30 heavy (non-hydrogen) atoms. The van der Waals surface area contributed by atoms with Crippen molar-refractivity contribution in [1.29, 1.82) is 0 Å². The van der Waals surface area contributed by atoms with Gasteiger partial charge < -0.3 is 20.5 Å². The van der Waals surface area contributed by atoms with Crippen LogP contribution in [0.4, 0.5) is 0 Å². The molecule has 0 spiro atoms. The first-order chi connectivity index (χ1) is 14.7. The van der Waals surface area contributed by atoms with Gasteiger partial charge in [0.15, 0.2) is 11.8 Å². The molecule has 162 valence electrons. The molecule has 0 radical (unpaired) electrons. The summed E-state index contributed by atoms with van der Waals surface area (Å²) in [5.74, 6) is 2.88. The van der Waals surface area contributed by atoms with Crippen LogP contribution in [0.5, 0.6) is 5.75 Å². The normalized spacial score (nSPS) is 18.6. The Hall–Kier alpha value is -2.61. The lowest BCUT2D eigenvalue weighted by Crippen LogP contribution is -2.47. The number of fused-ring (bicyclic) bond motifs is 2. The molecule has 2 aliphatic rings. The Morgan fingerprint density at radius 1 is 1.30 bits per heavy atom. The molecule has 0 bridgehead atoms. The fraction of sp³-hybridized carbons (Fsp3) is 0.591. The summed E-state index contributed by atoms with van der Waals surface area (Å²) < 4.78 is 7.12. The second-order valence-electron chi connectivity index (χ2n) is 8.04. The van der Waals surface area contributed by atoms with Gasteiger partial charge in [-0.25, -0.2) is 14.7 Å². The second kappa shape index (κ2) is 9.47.